The van der Waals surface area contributed by atoms with Gasteiger partial charge >= 0.3 is 5.97 Å². The van der Waals surface area contributed by atoms with Crippen molar-refractivity contribution in [1.82, 2.24) is 0 Å². The maximum atomic E-state index is 12.1. The average molecular weight is 785 g/mol. The van der Waals surface area contributed by atoms with Gasteiger partial charge in [-0.15, -0.1) is 0 Å². The van der Waals surface area contributed by atoms with E-state index >= 15 is 0 Å². The lowest BCUT2D eigenvalue weighted by Gasteiger charge is -2.27. The third kappa shape index (κ3) is 9.02. The van der Waals surface area contributed by atoms with Gasteiger partial charge < -0.3 is 15.3 Å². The lowest BCUT2D eigenvalue weighted by atomic mass is 9.81. The molecule has 0 radical (unpaired) electrons. The predicted molar refractivity (Wildman–Crippen MR) is 207 cm³/mol. The Hall–Kier alpha value is -3.23. The molecule has 0 amide bonds. The molecule has 0 spiro atoms. The number of allylic oxidation sites excluding steroid dienone is 8. The quantitative estimate of drug-likeness (QED) is 0.0424. The van der Waals surface area contributed by atoms with Gasteiger partial charge in [0.25, 0.3) is 10.1 Å². The van der Waals surface area contributed by atoms with Crippen molar-refractivity contribution in [2.24, 2.45) is 0 Å². The molecule has 3 aliphatic rings. The summed E-state index contributed by atoms with van der Waals surface area (Å²) in [5, 5.41) is 23.8. The molecule has 2 N–H and O–H groups in total. The predicted octanol–water partition coefficient (Wildman–Crippen LogP) is 8.83. The SMILES string of the molecule is CCCC[N+]1=C(/C=C/C2=C(Cl)C(=C/C=C3/N(CCCCCC(=O)O)c4ccc(S(=O)(=O)O)cc4C3(C)C)/CCC2)C(C)(C)c2cc(SOO[O-])ccc21. The van der Waals surface area contributed by atoms with E-state index in [1.807, 2.05) is 26.0 Å². The fraction of sp³-hybridized carbons (Fsp3) is 0.450. The summed E-state index contributed by atoms with van der Waals surface area (Å²) in [6.07, 6.45) is 15.3. The van der Waals surface area contributed by atoms with Crippen molar-refractivity contribution in [3.63, 3.8) is 0 Å². The Balaban J connectivity index is 1.48. The van der Waals surface area contributed by atoms with Crippen molar-refractivity contribution in [1.29, 1.82) is 0 Å². The van der Waals surface area contributed by atoms with Crippen LogP contribution in [0.25, 0.3) is 0 Å². The maximum Gasteiger partial charge on any atom is 0.303 e. The molecule has 0 saturated carbocycles. The minimum Gasteiger partial charge on any atom is -0.691 e. The van der Waals surface area contributed by atoms with E-state index < -0.39 is 21.5 Å². The van der Waals surface area contributed by atoms with Crippen LogP contribution < -0.4 is 10.2 Å². The molecule has 0 unspecified atom stereocenters. The van der Waals surface area contributed by atoms with E-state index in [4.69, 9.17) is 16.7 Å². The zero-order valence-electron chi connectivity index (χ0n) is 31.0. The highest BCUT2D eigenvalue weighted by Crippen LogP contribution is 2.49. The van der Waals surface area contributed by atoms with E-state index in [0.717, 1.165) is 113 Å². The van der Waals surface area contributed by atoms with E-state index in [-0.39, 0.29) is 16.7 Å². The molecule has 0 aromatic heterocycles. The average Bonchev–Trinajstić information content (AvgIpc) is 3.45. The first kappa shape index (κ1) is 40.9. The van der Waals surface area contributed by atoms with E-state index in [1.54, 1.807) is 12.1 Å². The molecule has 10 nitrogen and oxygen atoms in total. The Morgan fingerprint density at radius 1 is 1.02 bits per heavy atom. The molecule has 2 aliphatic heterocycles. The molecule has 0 fully saturated rings. The third-order valence-corrected chi connectivity index (χ3v) is 12.4. The molecule has 53 heavy (non-hydrogen) atoms. The highest BCUT2D eigenvalue weighted by Gasteiger charge is 2.44. The molecular weight excluding hydrogens is 736 g/mol. The van der Waals surface area contributed by atoms with E-state index in [0.29, 0.717) is 18.0 Å². The highest BCUT2D eigenvalue weighted by molar-refractivity contribution is 7.94. The van der Waals surface area contributed by atoms with Gasteiger partial charge in [0.1, 0.15) is 6.54 Å². The van der Waals surface area contributed by atoms with Gasteiger partial charge in [0.15, 0.2) is 5.71 Å². The molecule has 1 aliphatic carbocycles. The molecule has 286 valence electrons. The molecule has 2 aromatic carbocycles. The number of fused-ring (bicyclic) bond motifs is 2. The summed E-state index contributed by atoms with van der Waals surface area (Å²) >= 11 is 8.07. The minimum atomic E-state index is -4.39. The van der Waals surface area contributed by atoms with Crippen LogP contribution in [0.1, 0.15) is 104 Å². The Bertz CT molecular complexity index is 2000. The Labute approximate surface area is 322 Å². The minimum absolute atomic E-state index is 0.117. The van der Waals surface area contributed by atoms with Crippen LogP contribution in [0.2, 0.25) is 0 Å². The Kier molecular flexibility index (Phi) is 13.2. The van der Waals surface area contributed by atoms with E-state index in [9.17, 15) is 23.0 Å². The molecule has 2 aromatic rings. The fourth-order valence-electron chi connectivity index (χ4n) is 7.66. The number of carbonyl (C=O) groups is 1. The zero-order chi connectivity index (χ0) is 38.6. The summed E-state index contributed by atoms with van der Waals surface area (Å²) in [6, 6.07) is 10.7. The monoisotopic (exact) mass is 784 g/mol. The van der Waals surface area contributed by atoms with Gasteiger partial charge in [-0.2, -0.15) is 17.3 Å². The van der Waals surface area contributed by atoms with Gasteiger partial charge in [-0.05, 0) is 99.1 Å². The molecule has 0 saturated heterocycles. The van der Waals surface area contributed by atoms with Crippen LogP contribution in [-0.2, 0) is 35.1 Å². The number of hydrogen-bond donors (Lipinski definition) is 2. The third-order valence-electron chi connectivity index (χ3n) is 10.5. The van der Waals surface area contributed by atoms with Gasteiger partial charge in [-0.3, -0.25) is 14.4 Å². The van der Waals surface area contributed by atoms with Crippen LogP contribution in [0, 0.1) is 0 Å². The maximum absolute atomic E-state index is 12.1. The molecule has 2 heterocycles. The normalized spacial score (nSPS) is 19.6. The smallest absolute Gasteiger partial charge is 0.303 e. The number of aliphatic carboxylic acids is 1. The summed E-state index contributed by atoms with van der Waals surface area (Å²) in [5.41, 5.74) is 7.20. The number of unbranched alkanes of at least 4 members (excludes halogenated alkanes) is 3. The largest absolute Gasteiger partial charge is 0.691 e. The fourth-order valence-corrected chi connectivity index (χ4v) is 8.88. The van der Waals surface area contributed by atoms with Crippen molar-refractivity contribution in [2.75, 3.05) is 18.0 Å². The number of carboxylic acid groups (broad SMARTS) is 1. The van der Waals surface area contributed by atoms with Crippen LogP contribution in [0.5, 0.6) is 0 Å². The summed E-state index contributed by atoms with van der Waals surface area (Å²) in [4.78, 5) is 13.9. The number of anilines is 1. The summed E-state index contributed by atoms with van der Waals surface area (Å²) in [6.45, 7) is 12.1. The lowest BCUT2D eigenvalue weighted by Crippen LogP contribution is -2.28. The lowest BCUT2D eigenvalue weighted by molar-refractivity contribution is -0.777. The van der Waals surface area contributed by atoms with Gasteiger partial charge in [-0.1, -0.05) is 57.4 Å². The van der Waals surface area contributed by atoms with Gasteiger partial charge in [-0.25, -0.2) is 0 Å². The van der Waals surface area contributed by atoms with Crippen molar-refractivity contribution < 1.29 is 42.1 Å². The van der Waals surface area contributed by atoms with Gasteiger partial charge in [0, 0.05) is 63.8 Å². The molecule has 0 atom stereocenters. The number of nitrogens with zero attached hydrogens (tertiary/aromatic N) is 2. The standard InChI is InChI=1S/C40H49ClN2O8S2/c1-6-7-23-42-33-19-17-29(52-51-50-46)25-31(33)39(2,3)35(42)21-15-27-12-11-13-28(38(27)41)16-22-36-40(4,5)32-26-30(53(47,48)49)18-20-34(32)43(36)24-10-8-9-14-37(44)45/h15-22,25-26H,6-14,23-24H2,1-5H3,(H2-,44,45,46,47,48,49). The summed E-state index contributed by atoms with van der Waals surface area (Å²) in [7, 11) is -4.39. The number of carboxylic acids is 1. The second-order valence-corrected chi connectivity index (χ2v) is 17.4. The van der Waals surface area contributed by atoms with Crippen molar-refractivity contribution >= 4 is 56.8 Å². The van der Waals surface area contributed by atoms with Gasteiger partial charge in [0.05, 0.1) is 22.4 Å². The van der Waals surface area contributed by atoms with Crippen molar-refractivity contribution in [3.8, 4) is 0 Å². The van der Waals surface area contributed by atoms with Crippen molar-refractivity contribution in [3.05, 3.63) is 93.7 Å². The number of benzene rings is 2. The highest BCUT2D eigenvalue weighted by atomic mass is 35.5. The van der Waals surface area contributed by atoms with Crippen LogP contribution in [0.4, 0.5) is 11.4 Å². The van der Waals surface area contributed by atoms with Crippen LogP contribution >= 0.6 is 23.6 Å². The second kappa shape index (κ2) is 17.1. The Morgan fingerprint density at radius 2 is 1.79 bits per heavy atom. The summed E-state index contributed by atoms with van der Waals surface area (Å²) < 4.78 is 40.9. The second-order valence-electron chi connectivity index (χ2n) is 14.8. The van der Waals surface area contributed by atoms with Crippen LogP contribution in [-0.4, -0.2) is 47.4 Å². The number of rotatable bonds is 16. The first-order chi connectivity index (χ1) is 25.1. The topological polar surface area (TPSA) is 139 Å². The van der Waals surface area contributed by atoms with E-state index in [1.165, 1.54) is 6.07 Å². The van der Waals surface area contributed by atoms with Gasteiger partial charge in [0.2, 0.25) is 5.69 Å². The molecule has 13 heteroatoms. The zero-order valence-corrected chi connectivity index (χ0v) is 33.4. The van der Waals surface area contributed by atoms with E-state index in [2.05, 4.69) is 70.0 Å². The Morgan fingerprint density at radius 3 is 2.49 bits per heavy atom. The first-order valence-electron chi connectivity index (χ1n) is 18.1. The van der Waals surface area contributed by atoms with Crippen LogP contribution in [0.15, 0.2) is 92.4 Å². The van der Waals surface area contributed by atoms with Crippen molar-refractivity contribution in [2.45, 2.75) is 113 Å². The molecule has 0 bridgehead atoms. The van der Waals surface area contributed by atoms with Crippen LogP contribution in [0.3, 0.4) is 0 Å². The summed E-state index contributed by atoms with van der Waals surface area (Å²) in [5.74, 6) is -0.814. The first-order valence-corrected chi connectivity index (χ1v) is 20.7. The number of hydrogen-bond acceptors (Lipinski definition) is 8. The number of halogens is 1. The molecular formula is C40H49ClN2O8S2. The molecule has 5 rings (SSSR count).